The van der Waals surface area contributed by atoms with Crippen LogP contribution in [0, 0.1) is 5.92 Å². The van der Waals surface area contributed by atoms with E-state index in [4.69, 9.17) is 9.26 Å². The number of aromatic nitrogens is 3. The van der Waals surface area contributed by atoms with Crippen LogP contribution in [0.25, 0.3) is 11.4 Å². The molecule has 3 rings (SSSR count). The van der Waals surface area contributed by atoms with Crippen molar-refractivity contribution >= 4 is 15.9 Å². The standard InChI is InChI=1S/C22H27N5O5S/c1-4-31-17-5-7-18(8-6-17)33(29,30)24-14-11-19(28)25-20(15(2)3)22-26-21(27-32-22)16-9-12-23-13-10-16/h5-10,12-13,15,20,24H,4,11,14H2,1-3H3,(H,25,28). The zero-order valence-corrected chi connectivity index (χ0v) is 19.5. The monoisotopic (exact) mass is 473 g/mol. The Balaban J connectivity index is 1.56. The highest BCUT2D eigenvalue weighted by Gasteiger charge is 2.25. The highest BCUT2D eigenvalue weighted by Crippen LogP contribution is 2.23. The Kier molecular flexibility index (Phi) is 8.12. The van der Waals surface area contributed by atoms with Gasteiger partial charge in [-0.15, -0.1) is 0 Å². The second kappa shape index (κ2) is 11.0. The van der Waals surface area contributed by atoms with Gasteiger partial charge in [0.25, 0.3) is 0 Å². The van der Waals surface area contributed by atoms with Crippen LogP contribution in [0.4, 0.5) is 0 Å². The third-order valence-electron chi connectivity index (χ3n) is 4.72. The lowest BCUT2D eigenvalue weighted by molar-refractivity contribution is -0.122. The number of nitrogens with zero attached hydrogens (tertiary/aromatic N) is 3. The van der Waals surface area contributed by atoms with E-state index in [2.05, 4.69) is 25.2 Å². The van der Waals surface area contributed by atoms with Crippen LogP contribution in [0.3, 0.4) is 0 Å². The highest BCUT2D eigenvalue weighted by molar-refractivity contribution is 7.89. The first-order valence-electron chi connectivity index (χ1n) is 10.6. The molecular weight excluding hydrogens is 446 g/mol. The summed E-state index contributed by atoms with van der Waals surface area (Å²) in [4.78, 5) is 20.9. The molecule has 33 heavy (non-hydrogen) atoms. The maximum atomic E-state index is 12.5. The van der Waals surface area contributed by atoms with E-state index in [9.17, 15) is 13.2 Å². The van der Waals surface area contributed by atoms with Crippen LogP contribution >= 0.6 is 0 Å². The summed E-state index contributed by atoms with van der Waals surface area (Å²) in [5, 5.41) is 6.82. The van der Waals surface area contributed by atoms with Crippen LogP contribution in [-0.4, -0.2) is 42.6 Å². The lowest BCUT2D eigenvalue weighted by Crippen LogP contribution is -2.35. The predicted molar refractivity (Wildman–Crippen MR) is 121 cm³/mol. The molecule has 0 spiro atoms. The van der Waals surface area contributed by atoms with Crippen molar-refractivity contribution in [3.05, 3.63) is 54.7 Å². The first-order chi connectivity index (χ1) is 15.8. The molecule has 1 atom stereocenters. The number of benzene rings is 1. The number of pyridine rings is 1. The SMILES string of the molecule is CCOc1ccc(S(=O)(=O)NCCC(=O)NC(c2nc(-c3ccncc3)no2)C(C)C)cc1. The van der Waals surface area contributed by atoms with Gasteiger partial charge in [-0.25, -0.2) is 13.1 Å². The summed E-state index contributed by atoms with van der Waals surface area (Å²) in [6, 6.07) is 9.09. The van der Waals surface area contributed by atoms with E-state index in [0.29, 0.717) is 18.2 Å². The minimum absolute atomic E-state index is 0.0276. The Labute approximate surface area is 192 Å². The number of ether oxygens (including phenoxy) is 1. The van der Waals surface area contributed by atoms with Crippen LogP contribution in [0.1, 0.15) is 39.1 Å². The average molecular weight is 474 g/mol. The van der Waals surface area contributed by atoms with Crippen molar-refractivity contribution < 1.29 is 22.5 Å². The fourth-order valence-electron chi connectivity index (χ4n) is 3.00. The maximum Gasteiger partial charge on any atom is 0.249 e. The van der Waals surface area contributed by atoms with Gasteiger partial charge in [0.1, 0.15) is 11.8 Å². The number of sulfonamides is 1. The maximum absolute atomic E-state index is 12.5. The van der Waals surface area contributed by atoms with E-state index in [0.717, 1.165) is 5.56 Å². The zero-order chi connectivity index (χ0) is 23.8. The topological polar surface area (TPSA) is 136 Å². The normalized spacial score (nSPS) is 12.5. The molecule has 10 nitrogen and oxygen atoms in total. The Hall–Kier alpha value is -3.31. The van der Waals surface area contributed by atoms with E-state index in [1.165, 1.54) is 12.1 Å². The molecule has 0 saturated carbocycles. The largest absolute Gasteiger partial charge is 0.494 e. The summed E-state index contributed by atoms with van der Waals surface area (Å²) in [5.41, 5.74) is 0.748. The molecule has 2 N–H and O–H groups in total. The Morgan fingerprint density at radius 2 is 1.82 bits per heavy atom. The third kappa shape index (κ3) is 6.59. The number of amides is 1. The predicted octanol–water partition coefficient (Wildman–Crippen LogP) is 2.71. The quantitative estimate of drug-likeness (QED) is 0.434. The van der Waals surface area contributed by atoms with Crippen LogP contribution in [0.5, 0.6) is 5.75 Å². The second-order valence-corrected chi connectivity index (χ2v) is 9.30. The van der Waals surface area contributed by atoms with E-state index in [1.54, 1.807) is 36.7 Å². The summed E-state index contributed by atoms with van der Waals surface area (Å²) in [6.07, 6.45) is 3.20. The molecule has 1 aromatic carbocycles. The molecule has 176 valence electrons. The molecule has 0 fully saturated rings. The van der Waals surface area contributed by atoms with Gasteiger partial charge in [-0.05, 0) is 49.2 Å². The average Bonchev–Trinajstić information content (AvgIpc) is 3.28. The molecule has 0 aliphatic heterocycles. The molecule has 3 aromatic rings. The third-order valence-corrected chi connectivity index (χ3v) is 6.20. The molecule has 0 bridgehead atoms. The second-order valence-electron chi connectivity index (χ2n) is 7.53. The molecule has 2 aromatic heterocycles. The van der Waals surface area contributed by atoms with Crippen LogP contribution in [0.15, 0.2) is 58.2 Å². The minimum Gasteiger partial charge on any atom is -0.494 e. The Morgan fingerprint density at radius 3 is 2.45 bits per heavy atom. The van der Waals surface area contributed by atoms with Gasteiger partial charge in [-0.1, -0.05) is 19.0 Å². The number of hydrogen-bond acceptors (Lipinski definition) is 8. The van der Waals surface area contributed by atoms with E-state index >= 15 is 0 Å². The molecule has 1 unspecified atom stereocenters. The van der Waals surface area contributed by atoms with Crippen molar-refractivity contribution in [2.75, 3.05) is 13.2 Å². The smallest absolute Gasteiger partial charge is 0.249 e. The van der Waals surface area contributed by atoms with Gasteiger partial charge in [0.15, 0.2) is 0 Å². The zero-order valence-electron chi connectivity index (χ0n) is 18.7. The number of nitrogens with one attached hydrogen (secondary N) is 2. The molecule has 11 heteroatoms. The van der Waals surface area contributed by atoms with Gasteiger partial charge >= 0.3 is 0 Å². The molecular formula is C22H27N5O5S. The van der Waals surface area contributed by atoms with Gasteiger partial charge in [0.05, 0.1) is 11.5 Å². The first kappa shape index (κ1) is 24.3. The van der Waals surface area contributed by atoms with Crippen LogP contribution < -0.4 is 14.8 Å². The van der Waals surface area contributed by atoms with Crippen LogP contribution in [-0.2, 0) is 14.8 Å². The summed E-state index contributed by atoms with van der Waals surface area (Å²) in [7, 11) is -3.74. The summed E-state index contributed by atoms with van der Waals surface area (Å²) in [6.45, 7) is 6.11. The van der Waals surface area contributed by atoms with Gasteiger partial charge in [0.2, 0.25) is 27.6 Å². The first-order valence-corrected chi connectivity index (χ1v) is 12.0. The highest BCUT2D eigenvalue weighted by atomic mass is 32.2. The molecule has 1 amide bonds. The lowest BCUT2D eigenvalue weighted by atomic mass is 10.0. The number of carbonyl (C=O) groups is 1. The summed E-state index contributed by atoms with van der Waals surface area (Å²) < 4.78 is 38.0. The van der Waals surface area contributed by atoms with Crippen molar-refractivity contribution in [2.24, 2.45) is 5.92 Å². The van der Waals surface area contributed by atoms with E-state index in [1.807, 2.05) is 20.8 Å². The van der Waals surface area contributed by atoms with Gasteiger partial charge in [0, 0.05) is 30.9 Å². The summed E-state index contributed by atoms with van der Waals surface area (Å²) in [5.74, 6) is 0.895. The van der Waals surface area contributed by atoms with Crippen molar-refractivity contribution in [3.63, 3.8) is 0 Å². The van der Waals surface area contributed by atoms with Gasteiger partial charge < -0.3 is 14.6 Å². The summed E-state index contributed by atoms with van der Waals surface area (Å²) >= 11 is 0. The molecule has 0 radical (unpaired) electrons. The van der Waals surface area contributed by atoms with Gasteiger partial charge in [-0.2, -0.15) is 4.98 Å². The fourth-order valence-corrected chi connectivity index (χ4v) is 4.03. The number of carbonyl (C=O) groups excluding carboxylic acids is 1. The van der Waals surface area contributed by atoms with Crippen LogP contribution in [0.2, 0.25) is 0 Å². The van der Waals surface area contributed by atoms with Crippen molar-refractivity contribution in [1.82, 2.24) is 25.2 Å². The lowest BCUT2D eigenvalue weighted by Gasteiger charge is -2.18. The fraction of sp³-hybridized carbons (Fsp3) is 0.364. The molecule has 2 heterocycles. The number of rotatable bonds is 11. The minimum atomic E-state index is -3.74. The van der Waals surface area contributed by atoms with Crippen molar-refractivity contribution in [3.8, 4) is 17.1 Å². The molecule has 0 aliphatic rings. The van der Waals surface area contributed by atoms with Crippen molar-refractivity contribution in [1.29, 1.82) is 0 Å². The van der Waals surface area contributed by atoms with Gasteiger partial charge in [-0.3, -0.25) is 9.78 Å². The Morgan fingerprint density at radius 1 is 1.12 bits per heavy atom. The molecule has 0 aliphatic carbocycles. The van der Waals surface area contributed by atoms with E-state index in [-0.39, 0.29) is 35.6 Å². The number of hydrogen-bond donors (Lipinski definition) is 2. The molecule has 0 saturated heterocycles. The van der Waals surface area contributed by atoms with Crippen molar-refractivity contribution in [2.45, 2.75) is 38.1 Å². The Bertz CT molecular complexity index is 1150. The van der Waals surface area contributed by atoms with E-state index < -0.39 is 16.1 Å².